The van der Waals surface area contributed by atoms with Crippen LogP contribution in [0.2, 0.25) is 0 Å². The second-order valence-electron chi connectivity index (χ2n) is 4.75. The summed E-state index contributed by atoms with van der Waals surface area (Å²) in [6.45, 7) is 1.99. The number of halogens is 1. The highest BCUT2D eigenvalue weighted by Gasteiger charge is 2.30. The molecule has 106 valence electrons. The highest BCUT2D eigenvalue weighted by molar-refractivity contribution is 9.10. The van der Waals surface area contributed by atoms with Gasteiger partial charge in [0.05, 0.1) is 12.1 Å². The van der Waals surface area contributed by atoms with Crippen molar-refractivity contribution < 1.29 is 10.2 Å². The molecule has 0 fully saturated rings. The van der Waals surface area contributed by atoms with Crippen LogP contribution in [0.25, 0.3) is 0 Å². The van der Waals surface area contributed by atoms with Crippen molar-refractivity contribution in [2.24, 2.45) is 0 Å². The summed E-state index contributed by atoms with van der Waals surface area (Å²) in [5.74, 6) is 0.220. The number of phenols is 1. The lowest BCUT2D eigenvalue weighted by atomic mass is 9.87. The predicted molar refractivity (Wildman–Crippen MR) is 84.9 cm³/mol. The second-order valence-corrected chi connectivity index (χ2v) is 5.60. The van der Waals surface area contributed by atoms with Gasteiger partial charge in [0.25, 0.3) is 0 Å². The third kappa shape index (κ3) is 2.97. The topological polar surface area (TPSA) is 52.5 Å². The van der Waals surface area contributed by atoms with Crippen LogP contribution in [0.15, 0.2) is 53.0 Å². The zero-order chi connectivity index (χ0) is 14.6. The Hall–Kier alpha value is -1.52. The Bertz CT molecular complexity index is 565. The first-order chi connectivity index (χ1) is 9.61. The minimum atomic E-state index is -0.572. The summed E-state index contributed by atoms with van der Waals surface area (Å²) in [6.07, 6.45) is 0.718. The molecule has 0 bridgehead atoms. The van der Waals surface area contributed by atoms with Gasteiger partial charge in [0.2, 0.25) is 0 Å². The lowest BCUT2D eigenvalue weighted by Gasteiger charge is -2.34. The largest absolute Gasteiger partial charge is 0.508 e. The van der Waals surface area contributed by atoms with Gasteiger partial charge in [-0.1, -0.05) is 31.2 Å². The van der Waals surface area contributed by atoms with Crippen LogP contribution < -0.4 is 5.32 Å². The molecule has 4 heteroatoms. The second kappa shape index (κ2) is 6.29. The molecule has 0 aliphatic carbocycles. The van der Waals surface area contributed by atoms with E-state index >= 15 is 0 Å². The standard InChI is InChI=1S/C16H18BrNO2/c1-2-16(11-19,12-7-9-13(20)10-8-12)18-15-6-4-3-5-14(15)17/h3-10,18-20H,2,11H2,1H3. The van der Waals surface area contributed by atoms with Gasteiger partial charge in [-0.2, -0.15) is 0 Å². The molecule has 0 aliphatic rings. The minimum Gasteiger partial charge on any atom is -0.508 e. The first-order valence-electron chi connectivity index (χ1n) is 6.54. The Labute approximate surface area is 127 Å². The maximum absolute atomic E-state index is 9.91. The predicted octanol–water partition coefficient (Wildman–Crippen LogP) is 3.86. The van der Waals surface area contributed by atoms with Gasteiger partial charge in [0.1, 0.15) is 5.75 Å². The van der Waals surface area contributed by atoms with Crippen LogP contribution in [0.5, 0.6) is 5.75 Å². The highest BCUT2D eigenvalue weighted by atomic mass is 79.9. The molecule has 20 heavy (non-hydrogen) atoms. The Morgan fingerprint density at radius 2 is 1.75 bits per heavy atom. The molecule has 3 nitrogen and oxygen atoms in total. The summed E-state index contributed by atoms with van der Waals surface area (Å²) in [5, 5.41) is 22.7. The molecule has 2 rings (SSSR count). The average Bonchev–Trinajstić information content (AvgIpc) is 2.48. The van der Waals surface area contributed by atoms with Crippen LogP contribution >= 0.6 is 15.9 Å². The Balaban J connectivity index is 2.39. The fraction of sp³-hybridized carbons (Fsp3) is 0.250. The van der Waals surface area contributed by atoms with Gasteiger partial charge >= 0.3 is 0 Å². The molecule has 0 saturated carbocycles. The van der Waals surface area contributed by atoms with Crippen LogP contribution in [0.3, 0.4) is 0 Å². The Kier molecular flexibility index (Phi) is 4.68. The molecule has 0 spiro atoms. The summed E-state index contributed by atoms with van der Waals surface area (Å²) >= 11 is 3.51. The molecule has 0 aliphatic heterocycles. The molecular formula is C16H18BrNO2. The Morgan fingerprint density at radius 1 is 1.10 bits per heavy atom. The number of nitrogens with one attached hydrogen (secondary N) is 1. The van der Waals surface area contributed by atoms with E-state index in [0.29, 0.717) is 0 Å². The third-order valence-corrected chi connectivity index (χ3v) is 4.23. The number of hydrogen-bond acceptors (Lipinski definition) is 3. The van der Waals surface area contributed by atoms with Gasteiger partial charge in [-0.3, -0.25) is 0 Å². The monoisotopic (exact) mass is 335 g/mol. The van der Waals surface area contributed by atoms with Gasteiger partial charge in [0, 0.05) is 10.2 Å². The zero-order valence-electron chi connectivity index (χ0n) is 11.3. The van der Waals surface area contributed by atoms with Crippen molar-refractivity contribution in [3.63, 3.8) is 0 Å². The molecule has 3 N–H and O–H groups in total. The van der Waals surface area contributed by atoms with E-state index in [2.05, 4.69) is 21.2 Å². The van der Waals surface area contributed by atoms with E-state index in [1.165, 1.54) is 0 Å². The van der Waals surface area contributed by atoms with Crippen molar-refractivity contribution in [1.82, 2.24) is 0 Å². The van der Waals surface area contributed by atoms with Gasteiger partial charge in [0.15, 0.2) is 0 Å². The van der Waals surface area contributed by atoms with E-state index in [-0.39, 0.29) is 12.4 Å². The fourth-order valence-corrected chi connectivity index (χ4v) is 2.59. The maximum Gasteiger partial charge on any atom is 0.115 e. The molecule has 1 unspecified atom stereocenters. The molecular weight excluding hydrogens is 318 g/mol. The SMILES string of the molecule is CCC(CO)(Nc1ccccc1Br)c1ccc(O)cc1. The molecule has 2 aromatic carbocycles. The molecule has 0 saturated heterocycles. The molecule has 0 heterocycles. The van der Waals surface area contributed by atoms with E-state index in [1.807, 2.05) is 43.3 Å². The first kappa shape index (κ1) is 14.9. The number of benzene rings is 2. The van der Waals surface area contributed by atoms with Crippen molar-refractivity contribution in [2.75, 3.05) is 11.9 Å². The van der Waals surface area contributed by atoms with Crippen molar-refractivity contribution in [2.45, 2.75) is 18.9 Å². The van der Waals surface area contributed by atoms with E-state index in [1.54, 1.807) is 12.1 Å². The number of aromatic hydroxyl groups is 1. The van der Waals surface area contributed by atoms with Crippen molar-refractivity contribution >= 4 is 21.6 Å². The quantitative estimate of drug-likeness (QED) is 0.777. The summed E-state index contributed by atoms with van der Waals surface area (Å²) in [6, 6.07) is 14.7. The van der Waals surface area contributed by atoms with Gasteiger partial charge < -0.3 is 15.5 Å². The lowest BCUT2D eigenvalue weighted by molar-refractivity contribution is 0.207. The zero-order valence-corrected chi connectivity index (χ0v) is 12.9. The van der Waals surface area contributed by atoms with Crippen LogP contribution in [-0.2, 0) is 5.54 Å². The third-order valence-electron chi connectivity index (χ3n) is 3.54. The van der Waals surface area contributed by atoms with Gasteiger partial charge in [-0.05, 0) is 52.2 Å². The number of aliphatic hydroxyl groups is 1. The van der Waals surface area contributed by atoms with Crippen LogP contribution in [0, 0.1) is 0 Å². The number of aliphatic hydroxyl groups excluding tert-OH is 1. The minimum absolute atomic E-state index is 0.0321. The molecule has 2 aromatic rings. The first-order valence-corrected chi connectivity index (χ1v) is 7.33. The smallest absolute Gasteiger partial charge is 0.115 e. The van der Waals surface area contributed by atoms with Gasteiger partial charge in [-0.15, -0.1) is 0 Å². The van der Waals surface area contributed by atoms with Crippen molar-refractivity contribution in [1.29, 1.82) is 0 Å². The molecule has 0 aromatic heterocycles. The van der Waals surface area contributed by atoms with E-state index in [0.717, 1.165) is 22.1 Å². The summed E-state index contributed by atoms with van der Waals surface area (Å²) in [5.41, 5.74) is 1.30. The van der Waals surface area contributed by atoms with Gasteiger partial charge in [-0.25, -0.2) is 0 Å². The van der Waals surface area contributed by atoms with Crippen molar-refractivity contribution in [3.05, 3.63) is 58.6 Å². The Morgan fingerprint density at radius 3 is 2.30 bits per heavy atom. The lowest BCUT2D eigenvalue weighted by Crippen LogP contribution is -2.38. The van der Waals surface area contributed by atoms with Crippen LogP contribution in [-0.4, -0.2) is 16.8 Å². The van der Waals surface area contributed by atoms with E-state index in [9.17, 15) is 10.2 Å². The summed E-state index contributed by atoms with van der Waals surface area (Å²) in [7, 11) is 0. The van der Waals surface area contributed by atoms with Crippen LogP contribution in [0.1, 0.15) is 18.9 Å². The number of rotatable bonds is 5. The molecule has 1 atom stereocenters. The average molecular weight is 336 g/mol. The van der Waals surface area contributed by atoms with E-state index < -0.39 is 5.54 Å². The molecule has 0 radical (unpaired) electrons. The van der Waals surface area contributed by atoms with E-state index in [4.69, 9.17) is 0 Å². The number of para-hydroxylation sites is 1. The van der Waals surface area contributed by atoms with Crippen LogP contribution in [0.4, 0.5) is 5.69 Å². The number of phenolic OH excluding ortho intramolecular Hbond substituents is 1. The van der Waals surface area contributed by atoms with Crippen molar-refractivity contribution in [3.8, 4) is 5.75 Å². The molecule has 0 amide bonds. The maximum atomic E-state index is 9.91. The summed E-state index contributed by atoms with van der Waals surface area (Å²) < 4.78 is 0.949. The fourth-order valence-electron chi connectivity index (χ4n) is 2.21. The highest BCUT2D eigenvalue weighted by Crippen LogP contribution is 2.33. The number of anilines is 1. The normalized spacial score (nSPS) is 13.8. The number of hydrogen-bond donors (Lipinski definition) is 3. The summed E-state index contributed by atoms with van der Waals surface area (Å²) in [4.78, 5) is 0.